The number of pyridine rings is 2. The molecular weight excluding hydrogens is 364 g/mol. The van der Waals surface area contributed by atoms with E-state index in [1.165, 1.54) is 22.7 Å². The Labute approximate surface area is 167 Å². The average molecular weight is 384 g/mol. The first-order valence-electron chi connectivity index (χ1n) is 9.65. The van der Waals surface area contributed by atoms with E-state index in [1.54, 1.807) is 23.0 Å². The Balaban J connectivity index is 1.42. The van der Waals surface area contributed by atoms with E-state index in [0.29, 0.717) is 18.9 Å². The maximum absolute atomic E-state index is 12.7. The molecule has 0 radical (unpaired) electrons. The van der Waals surface area contributed by atoms with Crippen LogP contribution in [0.15, 0.2) is 70.7 Å². The van der Waals surface area contributed by atoms with E-state index in [-0.39, 0.29) is 5.56 Å². The number of aromatic nitrogens is 3. The van der Waals surface area contributed by atoms with Gasteiger partial charge in [-0.2, -0.15) is 0 Å². The van der Waals surface area contributed by atoms with Gasteiger partial charge in [0, 0.05) is 40.6 Å². The van der Waals surface area contributed by atoms with E-state index in [0.717, 1.165) is 29.7 Å². The fraction of sp³-hybridized carbons (Fsp3) is 0.174. The Morgan fingerprint density at radius 3 is 2.97 bits per heavy atom. The van der Waals surface area contributed by atoms with Crippen molar-refractivity contribution in [3.63, 3.8) is 0 Å². The Kier molecular flexibility index (Phi) is 4.44. The summed E-state index contributed by atoms with van der Waals surface area (Å²) in [5.74, 6) is 0.530. The minimum Gasteiger partial charge on any atom is -0.487 e. The molecule has 0 atom stereocenters. The van der Waals surface area contributed by atoms with E-state index in [4.69, 9.17) is 4.74 Å². The number of hydrogen-bond donors (Lipinski definition) is 1. The molecular formula is C23H20N4O2. The Morgan fingerprint density at radius 1 is 1.14 bits per heavy atom. The van der Waals surface area contributed by atoms with Gasteiger partial charge in [-0.3, -0.25) is 19.3 Å². The second-order valence-corrected chi connectivity index (χ2v) is 7.05. The first-order valence-corrected chi connectivity index (χ1v) is 9.65. The molecule has 1 aliphatic rings. The number of aliphatic imine (C=N–C) groups is 1. The highest BCUT2D eigenvalue weighted by Crippen LogP contribution is 2.27. The third-order valence-corrected chi connectivity index (χ3v) is 5.16. The maximum atomic E-state index is 12.7. The summed E-state index contributed by atoms with van der Waals surface area (Å²) in [5.41, 5.74) is 5.02. The molecule has 3 aromatic heterocycles. The Morgan fingerprint density at radius 2 is 2.10 bits per heavy atom. The quantitative estimate of drug-likeness (QED) is 0.582. The van der Waals surface area contributed by atoms with Gasteiger partial charge >= 0.3 is 0 Å². The molecule has 0 spiro atoms. The zero-order valence-electron chi connectivity index (χ0n) is 15.8. The highest BCUT2D eigenvalue weighted by molar-refractivity contribution is 5.87. The second-order valence-electron chi connectivity index (χ2n) is 7.05. The van der Waals surface area contributed by atoms with Crippen molar-refractivity contribution in [3.05, 3.63) is 88.2 Å². The fourth-order valence-corrected chi connectivity index (χ4v) is 3.70. The van der Waals surface area contributed by atoms with Crippen LogP contribution in [0.4, 0.5) is 0 Å². The van der Waals surface area contributed by atoms with Gasteiger partial charge in [0.1, 0.15) is 12.4 Å². The van der Waals surface area contributed by atoms with Crippen LogP contribution >= 0.6 is 0 Å². The summed E-state index contributed by atoms with van der Waals surface area (Å²) in [6.07, 6.45) is 7.37. The molecule has 4 heterocycles. The maximum Gasteiger partial charge on any atom is 0.258 e. The number of benzene rings is 1. The number of rotatable bonds is 4. The van der Waals surface area contributed by atoms with Crippen molar-refractivity contribution in [2.24, 2.45) is 4.99 Å². The summed E-state index contributed by atoms with van der Waals surface area (Å²) < 4.78 is 7.33. The zero-order chi connectivity index (χ0) is 19.6. The van der Waals surface area contributed by atoms with Crippen molar-refractivity contribution in [3.8, 4) is 11.4 Å². The first kappa shape index (κ1) is 17.4. The van der Waals surface area contributed by atoms with E-state index in [9.17, 15) is 4.79 Å². The number of H-pyrrole nitrogens is 1. The molecule has 144 valence electrons. The molecule has 1 aromatic carbocycles. The van der Waals surface area contributed by atoms with Crippen molar-refractivity contribution in [1.29, 1.82) is 0 Å². The number of hydrogen-bond acceptors (Lipinski definition) is 4. The lowest BCUT2D eigenvalue weighted by Crippen LogP contribution is -2.16. The Hall–Kier alpha value is -3.67. The number of aryl methyl sites for hydroxylation is 1. The monoisotopic (exact) mass is 384 g/mol. The van der Waals surface area contributed by atoms with E-state index in [1.807, 2.05) is 36.5 Å². The minimum atomic E-state index is -0.138. The topological polar surface area (TPSA) is 72.3 Å². The van der Waals surface area contributed by atoms with Crippen molar-refractivity contribution in [1.82, 2.24) is 14.5 Å². The number of nitrogens with zero attached hydrogens (tertiary/aromatic N) is 3. The van der Waals surface area contributed by atoms with Gasteiger partial charge in [-0.05, 0) is 49.4 Å². The molecule has 1 N–H and O–H groups in total. The highest BCUT2D eigenvalue weighted by Gasteiger charge is 2.13. The van der Waals surface area contributed by atoms with E-state index < -0.39 is 0 Å². The minimum absolute atomic E-state index is 0.138. The summed E-state index contributed by atoms with van der Waals surface area (Å²) in [7, 11) is 0. The Bertz CT molecular complexity index is 1260. The third kappa shape index (κ3) is 3.45. The highest BCUT2D eigenvalue weighted by atomic mass is 16.5. The van der Waals surface area contributed by atoms with Gasteiger partial charge in [0.25, 0.3) is 5.56 Å². The molecule has 5 rings (SSSR count). The molecule has 0 fully saturated rings. The van der Waals surface area contributed by atoms with Crippen LogP contribution in [-0.2, 0) is 19.6 Å². The molecule has 4 aromatic rings. The molecule has 0 saturated carbocycles. The number of ether oxygens (including phenoxy) is 1. The lowest BCUT2D eigenvalue weighted by Gasteiger charge is -2.09. The predicted octanol–water partition coefficient (Wildman–Crippen LogP) is 3.81. The average Bonchev–Trinajstić information content (AvgIpc) is 2.92. The SMILES string of the molecule is O=c1cc(OCc2ccccn2)ccn1-c1ccc2c3c([nH]c2c1)CCC=NC3. The second kappa shape index (κ2) is 7.39. The first-order chi connectivity index (χ1) is 14.3. The lowest BCUT2D eigenvalue weighted by atomic mass is 10.1. The van der Waals surface area contributed by atoms with Crippen LogP contribution in [0.5, 0.6) is 5.75 Å². The molecule has 0 saturated heterocycles. The molecule has 0 unspecified atom stereocenters. The van der Waals surface area contributed by atoms with Gasteiger partial charge in [0.2, 0.25) is 0 Å². The van der Waals surface area contributed by atoms with Crippen molar-refractivity contribution in [2.75, 3.05) is 0 Å². The molecule has 29 heavy (non-hydrogen) atoms. The summed E-state index contributed by atoms with van der Waals surface area (Å²) in [6, 6.07) is 15.0. The summed E-state index contributed by atoms with van der Waals surface area (Å²) in [5, 5.41) is 1.17. The molecule has 1 aliphatic heterocycles. The van der Waals surface area contributed by atoms with Crippen molar-refractivity contribution >= 4 is 17.1 Å². The lowest BCUT2D eigenvalue weighted by molar-refractivity contribution is 0.300. The van der Waals surface area contributed by atoms with Crippen molar-refractivity contribution in [2.45, 2.75) is 26.0 Å². The van der Waals surface area contributed by atoms with E-state index >= 15 is 0 Å². The summed E-state index contributed by atoms with van der Waals surface area (Å²) in [6.45, 7) is 1.03. The third-order valence-electron chi connectivity index (χ3n) is 5.16. The van der Waals surface area contributed by atoms with Crippen LogP contribution in [0.3, 0.4) is 0 Å². The molecule has 6 heteroatoms. The number of fused-ring (bicyclic) bond motifs is 3. The molecule has 0 aliphatic carbocycles. The van der Waals surface area contributed by atoms with Crippen molar-refractivity contribution < 1.29 is 4.74 Å². The van der Waals surface area contributed by atoms with Gasteiger partial charge < -0.3 is 9.72 Å². The standard InChI is InChI=1S/C23H20N4O2/c28-23-13-18(29-15-16-4-1-2-10-25-16)8-11-27(23)17-6-7-19-20-14-24-9-3-5-21(20)26-22(19)12-17/h1-2,4,6-13,26H,3,5,14-15H2. The molecule has 0 bridgehead atoms. The van der Waals surface area contributed by atoms with Crippen LogP contribution in [0.1, 0.15) is 23.4 Å². The van der Waals surface area contributed by atoms with Crippen LogP contribution in [0.2, 0.25) is 0 Å². The van der Waals surface area contributed by atoms with Gasteiger partial charge in [-0.15, -0.1) is 0 Å². The number of nitrogens with one attached hydrogen (secondary N) is 1. The fourth-order valence-electron chi connectivity index (χ4n) is 3.70. The van der Waals surface area contributed by atoms with Gasteiger partial charge in [0.15, 0.2) is 0 Å². The largest absolute Gasteiger partial charge is 0.487 e. The normalized spacial score (nSPS) is 13.2. The zero-order valence-corrected chi connectivity index (χ0v) is 15.8. The molecule has 6 nitrogen and oxygen atoms in total. The van der Waals surface area contributed by atoms with Crippen LogP contribution in [0, 0.1) is 0 Å². The van der Waals surface area contributed by atoms with Crippen LogP contribution < -0.4 is 10.3 Å². The van der Waals surface area contributed by atoms with Crippen LogP contribution in [0.25, 0.3) is 16.6 Å². The van der Waals surface area contributed by atoms with Gasteiger partial charge in [-0.25, -0.2) is 0 Å². The smallest absolute Gasteiger partial charge is 0.258 e. The number of aromatic amines is 1. The summed E-state index contributed by atoms with van der Waals surface area (Å²) >= 11 is 0. The van der Waals surface area contributed by atoms with Gasteiger partial charge in [-0.1, -0.05) is 12.1 Å². The van der Waals surface area contributed by atoms with E-state index in [2.05, 4.69) is 21.0 Å². The van der Waals surface area contributed by atoms with Crippen LogP contribution in [-0.4, -0.2) is 20.7 Å². The van der Waals surface area contributed by atoms with Gasteiger partial charge in [0.05, 0.1) is 17.9 Å². The predicted molar refractivity (Wildman–Crippen MR) is 113 cm³/mol. The molecule has 0 amide bonds. The summed E-state index contributed by atoms with van der Waals surface area (Å²) in [4.78, 5) is 24.9.